The second-order valence-corrected chi connectivity index (χ2v) is 11.1. The number of carbonyl (C=O) groups is 1. The van der Waals surface area contributed by atoms with Gasteiger partial charge in [0.15, 0.2) is 9.84 Å². The number of nitrogens with one attached hydrogen (secondary N) is 1. The zero-order valence-electron chi connectivity index (χ0n) is 19.8. The summed E-state index contributed by atoms with van der Waals surface area (Å²) in [4.78, 5) is 16.6. The van der Waals surface area contributed by atoms with Crippen molar-refractivity contribution in [3.63, 3.8) is 0 Å². The van der Waals surface area contributed by atoms with Crippen LogP contribution in [0.4, 0.5) is 5.69 Å². The topological polar surface area (TPSA) is 108 Å². The lowest BCUT2D eigenvalue weighted by Crippen LogP contribution is -2.48. The molecule has 0 aromatic heterocycles. The third kappa shape index (κ3) is 5.73. The first-order valence-corrected chi connectivity index (χ1v) is 13.5. The number of aliphatic hydroxyl groups is 1. The molecule has 9 nitrogen and oxygen atoms in total. The molecular formula is C24H30ClN3O6S. The minimum Gasteiger partial charge on any atom is -0.465 e. The lowest BCUT2D eigenvalue weighted by molar-refractivity contribution is 0.0600. The molecule has 0 atom stereocenters. The molecule has 11 heteroatoms. The van der Waals surface area contributed by atoms with Gasteiger partial charge >= 0.3 is 5.97 Å². The number of nitrogens with zero attached hydrogens (tertiary/aromatic N) is 2. The number of rotatable bonds is 7. The normalized spacial score (nSPS) is 17.6. The van der Waals surface area contributed by atoms with Gasteiger partial charge in [-0.3, -0.25) is 9.80 Å². The minimum atomic E-state index is -3.81. The van der Waals surface area contributed by atoms with Gasteiger partial charge in [0, 0.05) is 57.1 Å². The van der Waals surface area contributed by atoms with Crippen molar-refractivity contribution in [3.8, 4) is 11.5 Å². The predicted molar refractivity (Wildman–Crippen MR) is 133 cm³/mol. The second kappa shape index (κ2) is 10.7. The van der Waals surface area contributed by atoms with Crippen LogP contribution in [0.3, 0.4) is 0 Å². The molecule has 2 aromatic carbocycles. The Hall–Kier alpha value is -2.37. The summed E-state index contributed by atoms with van der Waals surface area (Å²) in [5.74, 6) is -0.457. The van der Waals surface area contributed by atoms with Crippen molar-refractivity contribution in [2.75, 3.05) is 64.8 Å². The van der Waals surface area contributed by atoms with E-state index in [1.165, 1.54) is 13.2 Å². The summed E-state index contributed by atoms with van der Waals surface area (Å²) in [6.07, 6.45) is 0. The molecule has 190 valence electrons. The zero-order chi connectivity index (χ0) is 25.2. The van der Waals surface area contributed by atoms with E-state index in [-0.39, 0.29) is 28.6 Å². The van der Waals surface area contributed by atoms with Gasteiger partial charge in [-0.2, -0.15) is 0 Å². The fourth-order valence-corrected chi connectivity index (χ4v) is 6.28. The van der Waals surface area contributed by atoms with Crippen LogP contribution in [0.2, 0.25) is 5.02 Å². The first-order valence-electron chi connectivity index (χ1n) is 11.5. The smallest absolute Gasteiger partial charge is 0.337 e. The molecule has 0 spiro atoms. The summed E-state index contributed by atoms with van der Waals surface area (Å²) >= 11 is 6.54. The van der Waals surface area contributed by atoms with Gasteiger partial charge in [-0.15, -0.1) is 0 Å². The number of sulfone groups is 1. The monoisotopic (exact) mass is 523 g/mol. The molecule has 35 heavy (non-hydrogen) atoms. The Kier molecular flexibility index (Phi) is 7.87. The molecule has 0 bridgehead atoms. The largest absolute Gasteiger partial charge is 0.465 e. The van der Waals surface area contributed by atoms with Crippen molar-refractivity contribution >= 4 is 33.1 Å². The van der Waals surface area contributed by atoms with Gasteiger partial charge in [0.05, 0.1) is 30.1 Å². The molecular weight excluding hydrogens is 494 g/mol. The Morgan fingerprint density at radius 1 is 1.11 bits per heavy atom. The number of β-amino-alcohol motifs (C(OH)–C–C–N with tert-alkyl or cyclic N) is 1. The van der Waals surface area contributed by atoms with E-state index < -0.39 is 15.8 Å². The van der Waals surface area contributed by atoms with Gasteiger partial charge in [0.25, 0.3) is 0 Å². The van der Waals surface area contributed by atoms with Crippen LogP contribution in [0.1, 0.15) is 21.5 Å². The van der Waals surface area contributed by atoms with Gasteiger partial charge in [-0.1, -0.05) is 11.6 Å². The number of esters is 1. The van der Waals surface area contributed by atoms with E-state index in [2.05, 4.69) is 15.1 Å². The van der Waals surface area contributed by atoms with Gasteiger partial charge in [0.2, 0.25) is 0 Å². The summed E-state index contributed by atoms with van der Waals surface area (Å²) in [5.41, 5.74) is 1.81. The standard InChI is InChI=1S/C24H30ClN3O6S/c1-16-11-17(24(30)33-2)13-21-22(16)34-23-18(15-35(21,31)32)12-19(14-20(23)25)26-3-4-27-5-7-28(8-6-27)9-10-29/h11-14,26,29H,3-10,15H2,1-2H3. The van der Waals surface area contributed by atoms with Crippen LogP contribution in [-0.4, -0.2) is 88.8 Å². The van der Waals surface area contributed by atoms with Crippen LogP contribution >= 0.6 is 11.6 Å². The van der Waals surface area contributed by atoms with Gasteiger partial charge in [0.1, 0.15) is 16.4 Å². The van der Waals surface area contributed by atoms with Crippen molar-refractivity contribution in [3.05, 3.63) is 46.0 Å². The minimum absolute atomic E-state index is 0.0555. The number of halogens is 1. The summed E-state index contributed by atoms with van der Waals surface area (Å²) < 4.78 is 37.3. The summed E-state index contributed by atoms with van der Waals surface area (Å²) in [5, 5.41) is 12.7. The number of hydrogen-bond donors (Lipinski definition) is 2. The number of carbonyl (C=O) groups excluding carboxylic acids is 1. The van der Waals surface area contributed by atoms with E-state index in [9.17, 15) is 13.2 Å². The van der Waals surface area contributed by atoms with Crippen molar-refractivity contribution in [2.24, 2.45) is 0 Å². The maximum Gasteiger partial charge on any atom is 0.337 e. The van der Waals surface area contributed by atoms with E-state index in [4.69, 9.17) is 26.2 Å². The number of fused-ring (bicyclic) bond motifs is 2. The number of anilines is 1. The first kappa shape index (κ1) is 25.7. The first-order chi connectivity index (χ1) is 16.7. The van der Waals surface area contributed by atoms with Crippen LogP contribution < -0.4 is 10.1 Å². The molecule has 0 radical (unpaired) electrons. The highest BCUT2D eigenvalue weighted by Crippen LogP contribution is 2.44. The number of hydrogen-bond acceptors (Lipinski definition) is 9. The Morgan fingerprint density at radius 2 is 1.80 bits per heavy atom. The Bertz CT molecular complexity index is 1210. The maximum absolute atomic E-state index is 13.3. The van der Waals surface area contributed by atoms with Crippen LogP contribution in [0.15, 0.2) is 29.2 Å². The number of benzene rings is 2. The van der Waals surface area contributed by atoms with Gasteiger partial charge < -0.3 is 19.9 Å². The maximum atomic E-state index is 13.3. The predicted octanol–water partition coefficient (Wildman–Crippen LogP) is 2.54. The van der Waals surface area contributed by atoms with Crippen molar-refractivity contribution in [1.82, 2.24) is 9.80 Å². The van der Waals surface area contributed by atoms with Crippen LogP contribution in [-0.2, 0) is 20.3 Å². The third-order valence-electron chi connectivity index (χ3n) is 6.31. The van der Waals surface area contributed by atoms with Crippen LogP contribution in [0.5, 0.6) is 11.5 Å². The molecule has 1 fully saturated rings. The van der Waals surface area contributed by atoms with E-state index in [1.807, 2.05) is 0 Å². The van der Waals surface area contributed by atoms with Crippen molar-refractivity contribution in [2.45, 2.75) is 17.6 Å². The molecule has 2 aliphatic rings. The summed E-state index contributed by atoms with van der Waals surface area (Å²) in [6.45, 7) is 7.79. The van der Waals surface area contributed by atoms with E-state index in [0.717, 1.165) is 32.7 Å². The zero-order valence-corrected chi connectivity index (χ0v) is 21.4. The highest BCUT2D eigenvalue weighted by Gasteiger charge is 2.31. The SMILES string of the molecule is COC(=O)c1cc(C)c2c(c1)S(=O)(=O)Cc1cc(NCCN3CCN(CCO)CC3)cc(Cl)c1O2. The highest BCUT2D eigenvalue weighted by molar-refractivity contribution is 7.90. The Balaban J connectivity index is 1.50. The van der Waals surface area contributed by atoms with Crippen molar-refractivity contribution in [1.29, 1.82) is 0 Å². The average molecular weight is 524 g/mol. The molecule has 2 heterocycles. The fourth-order valence-electron chi connectivity index (χ4n) is 4.43. The fraction of sp³-hybridized carbons (Fsp3) is 0.458. The number of piperazine rings is 1. The van der Waals surface area contributed by atoms with Crippen LogP contribution in [0, 0.1) is 6.92 Å². The summed E-state index contributed by atoms with van der Waals surface area (Å²) in [7, 11) is -2.56. The molecule has 4 rings (SSSR count). The molecule has 0 unspecified atom stereocenters. The summed E-state index contributed by atoms with van der Waals surface area (Å²) in [6, 6.07) is 6.32. The second-order valence-electron chi connectivity index (χ2n) is 8.75. The molecule has 2 N–H and O–H groups in total. The van der Waals surface area contributed by atoms with Gasteiger partial charge in [-0.05, 0) is 36.8 Å². The van der Waals surface area contributed by atoms with E-state index in [1.54, 1.807) is 25.1 Å². The number of aliphatic hydroxyl groups excluding tert-OH is 1. The van der Waals surface area contributed by atoms with E-state index >= 15 is 0 Å². The van der Waals surface area contributed by atoms with Crippen LogP contribution in [0.25, 0.3) is 0 Å². The highest BCUT2D eigenvalue weighted by atomic mass is 35.5. The third-order valence-corrected chi connectivity index (χ3v) is 8.25. The molecule has 1 saturated heterocycles. The quantitative estimate of drug-likeness (QED) is 0.529. The molecule has 0 aliphatic carbocycles. The lowest BCUT2D eigenvalue weighted by atomic mass is 10.1. The Labute approximate surface area is 210 Å². The number of ether oxygens (including phenoxy) is 2. The van der Waals surface area contributed by atoms with E-state index in [0.29, 0.717) is 40.7 Å². The number of aryl methyl sites for hydroxylation is 1. The van der Waals surface area contributed by atoms with Crippen molar-refractivity contribution < 1.29 is 27.8 Å². The molecule has 2 aliphatic heterocycles. The number of methoxy groups -OCH3 is 1. The van der Waals surface area contributed by atoms with Gasteiger partial charge in [-0.25, -0.2) is 13.2 Å². The Morgan fingerprint density at radius 3 is 2.46 bits per heavy atom. The lowest BCUT2D eigenvalue weighted by Gasteiger charge is -2.34. The molecule has 2 aromatic rings. The molecule has 0 saturated carbocycles. The average Bonchev–Trinajstić information content (AvgIpc) is 2.93. The molecule has 0 amide bonds.